The third-order valence-corrected chi connectivity index (χ3v) is 4.00. The molecule has 2 aliphatic rings. The van der Waals surface area contributed by atoms with Crippen molar-refractivity contribution in [1.29, 1.82) is 0 Å². The summed E-state index contributed by atoms with van der Waals surface area (Å²) in [7, 11) is 0. The lowest BCUT2D eigenvalue weighted by molar-refractivity contribution is -0.143. The number of carbonyl (C=O) groups excluding carboxylic acids is 3. The Morgan fingerprint density at radius 1 is 1.12 bits per heavy atom. The number of hydrogen-bond acceptors (Lipinski definition) is 4. The molecule has 0 fully saturated rings. The fourth-order valence-corrected chi connectivity index (χ4v) is 2.80. The Kier molecular flexibility index (Phi) is 4.16. The lowest BCUT2D eigenvalue weighted by Crippen LogP contribution is -2.36. The molecule has 0 atom stereocenters. The average molecular weight is 323 g/mol. The first-order chi connectivity index (χ1) is 11.6. The van der Waals surface area contributed by atoms with Crippen molar-refractivity contribution < 1.29 is 19.1 Å². The maximum atomic E-state index is 13.0. The molecule has 0 aromatic heterocycles. The zero-order valence-electron chi connectivity index (χ0n) is 13.3. The van der Waals surface area contributed by atoms with E-state index in [-0.39, 0.29) is 30.5 Å². The number of esters is 1. The van der Waals surface area contributed by atoms with Crippen molar-refractivity contribution >= 4 is 17.7 Å². The van der Waals surface area contributed by atoms with Crippen LogP contribution in [0.2, 0.25) is 0 Å². The van der Waals surface area contributed by atoms with E-state index in [1.807, 2.05) is 30.3 Å². The average Bonchev–Trinajstić information content (AvgIpc) is 2.85. The van der Waals surface area contributed by atoms with Crippen molar-refractivity contribution in [2.45, 2.75) is 13.5 Å². The molecule has 5 nitrogen and oxygen atoms in total. The summed E-state index contributed by atoms with van der Waals surface area (Å²) in [5.41, 5.74) is 0.0115. The van der Waals surface area contributed by atoms with Crippen LogP contribution < -0.4 is 0 Å². The van der Waals surface area contributed by atoms with Gasteiger partial charge in [-0.05, 0) is 30.7 Å². The Balaban J connectivity index is 1.97. The van der Waals surface area contributed by atoms with Crippen LogP contribution in [-0.2, 0) is 25.7 Å². The Morgan fingerprint density at radius 3 is 2.42 bits per heavy atom. The molecule has 5 heteroatoms. The Hall–Kier alpha value is -2.95. The van der Waals surface area contributed by atoms with Crippen LogP contribution in [0, 0.1) is 5.41 Å². The van der Waals surface area contributed by atoms with Gasteiger partial charge in [-0.3, -0.25) is 9.59 Å². The summed E-state index contributed by atoms with van der Waals surface area (Å²) in [5.74, 6) is -0.993. The summed E-state index contributed by atoms with van der Waals surface area (Å²) in [6.45, 7) is 2.20. The minimum Gasteiger partial charge on any atom is -0.461 e. The van der Waals surface area contributed by atoms with Gasteiger partial charge in [0.1, 0.15) is 11.1 Å². The van der Waals surface area contributed by atoms with Gasteiger partial charge in [-0.2, -0.15) is 0 Å². The molecule has 1 aliphatic heterocycles. The van der Waals surface area contributed by atoms with E-state index >= 15 is 0 Å². The van der Waals surface area contributed by atoms with E-state index in [1.165, 1.54) is 29.2 Å². The smallest absolute Gasteiger partial charge is 0.354 e. The van der Waals surface area contributed by atoms with E-state index < -0.39 is 11.4 Å². The SMILES string of the molecule is CCOC(=O)C1=CC2(C=CC(=O)C=C2)C(=O)N1Cc1ccccc1. The van der Waals surface area contributed by atoms with Crippen LogP contribution in [-0.4, -0.2) is 29.2 Å². The van der Waals surface area contributed by atoms with Gasteiger partial charge in [-0.25, -0.2) is 4.79 Å². The van der Waals surface area contributed by atoms with E-state index in [2.05, 4.69) is 0 Å². The van der Waals surface area contributed by atoms with Crippen LogP contribution in [0.5, 0.6) is 0 Å². The number of hydrogen-bond donors (Lipinski definition) is 0. The van der Waals surface area contributed by atoms with Crippen molar-refractivity contribution in [1.82, 2.24) is 4.90 Å². The van der Waals surface area contributed by atoms with Crippen LogP contribution in [0.3, 0.4) is 0 Å². The summed E-state index contributed by atoms with van der Waals surface area (Å²) in [6.07, 6.45) is 7.33. The molecule has 1 spiro atoms. The number of ketones is 1. The highest BCUT2D eigenvalue weighted by Gasteiger charge is 2.46. The largest absolute Gasteiger partial charge is 0.461 e. The monoisotopic (exact) mass is 323 g/mol. The van der Waals surface area contributed by atoms with Gasteiger partial charge in [0.05, 0.1) is 13.2 Å². The van der Waals surface area contributed by atoms with Gasteiger partial charge >= 0.3 is 5.97 Å². The van der Waals surface area contributed by atoms with Gasteiger partial charge in [-0.1, -0.05) is 42.5 Å². The van der Waals surface area contributed by atoms with Crippen molar-refractivity contribution in [3.63, 3.8) is 0 Å². The zero-order chi connectivity index (χ0) is 17.2. The first-order valence-electron chi connectivity index (χ1n) is 7.74. The van der Waals surface area contributed by atoms with E-state index in [4.69, 9.17) is 4.74 Å². The second-order valence-electron chi connectivity index (χ2n) is 5.63. The molecule has 0 unspecified atom stereocenters. The normalized spacial score (nSPS) is 18.2. The number of ether oxygens (including phenoxy) is 1. The van der Waals surface area contributed by atoms with Crippen molar-refractivity contribution in [3.8, 4) is 0 Å². The molecule has 0 N–H and O–H groups in total. The molecule has 0 bridgehead atoms. The quantitative estimate of drug-likeness (QED) is 0.797. The molecule has 1 aromatic carbocycles. The first-order valence-corrected chi connectivity index (χ1v) is 7.74. The third-order valence-electron chi connectivity index (χ3n) is 4.00. The number of amides is 1. The number of carbonyl (C=O) groups is 3. The van der Waals surface area contributed by atoms with Gasteiger partial charge in [0.25, 0.3) is 0 Å². The predicted octanol–water partition coefficient (Wildman–Crippen LogP) is 2.16. The molecule has 1 amide bonds. The summed E-state index contributed by atoms with van der Waals surface area (Å²) in [5, 5.41) is 0. The minimum absolute atomic E-state index is 0.180. The highest BCUT2D eigenvalue weighted by molar-refractivity contribution is 6.07. The van der Waals surface area contributed by atoms with E-state index in [0.717, 1.165) is 5.56 Å². The fourth-order valence-electron chi connectivity index (χ4n) is 2.80. The number of benzene rings is 1. The molecule has 1 aliphatic carbocycles. The molecule has 0 saturated carbocycles. The van der Waals surface area contributed by atoms with Crippen molar-refractivity contribution in [2.24, 2.45) is 5.41 Å². The van der Waals surface area contributed by atoms with Crippen LogP contribution in [0.4, 0.5) is 0 Å². The number of allylic oxidation sites excluding steroid dienone is 2. The lowest BCUT2D eigenvalue weighted by atomic mass is 9.84. The second-order valence-corrected chi connectivity index (χ2v) is 5.63. The van der Waals surface area contributed by atoms with E-state index in [0.29, 0.717) is 0 Å². The molecular formula is C19H17NO4. The Labute approximate surface area is 139 Å². The second kappa shape index (κ2) is 6.28. The van der Waals surface area contributed by atoms with E-state index in [9.17, 15) is 14.4 Å². The number of rotatable bonds is 4. The van der Waals surface area contributed by atoms with E-state index in [1.54, 1.807) is 13.0 Å². The highest BCUT2D eigenvalue weighted by Crippen LogP contribution is 2.38. The molecule has 1 heterocycles. The van der Waals surface area contributed by atoms with Crippen molar-refractivity contribution in [2.75, 3.05) is 6.61 Å². The molecule has 24 heavy (non-hydrogen) atoms. The summed E-state index contributed by atoms with van der Waals surface area (Å²) >= 11 is 0. The van der Waals surface area contributed by atoms with Crippen molar-refractivity contribution in [3.05, 3.63) is 72.0 Å². The lowest BCUT2D eigenvalue weighted by Gasteiger charge is -2.24. The van der Waals surface area contributed by atoms with Crippen LogP contribution >= 0.6 is 0 Å². The van der Waals surface area contributed by atoms with Crippen LogP contribution in [0.25, 0.3) is 0 Å². The summed E-state index contributed by atoms with van der Waals surface area (Å²) in [6, 6.07) is 9.41. The maximum Gasteiger partial charge on any atom is 0.354 e. The Morgan fingerprint density at radius 2 is 1.79 bits per heavy atom. The molecule has 3 rings (SSSR count). The first kappa shape index (κ1) is 15.9. The molecule has 1 aromatic rings. The molecule has 0 saturated heterocycles. The predicted molar refractivity (Wildman–Crippen MR) is 87.4 cm³/mol. The molecule has 122 valence electrons. The minimum atomic E-state index is -1.09. The van der Waals surface area contributed by atoms with Gasteiger partial charge in [0.2, 0.25) is 5.91 Å². The van der Waals surface area contributed by atoms with Gasteiger partial charge in [0, 0.05) is 0 Å². The third kappa shape index (κ3) is 2.80. The van der Waals surface area contributed by atoms with Gasteiger partial charge in [-0.15, -0.1) is 0 Å². The Bertz CT molecular complexity index is 758. The zero-order valence-corrected chi connectivity index (χ0v) is 13.3. The topological polar surface area (TPSA) is 63.7 Å². The standard InChI is InChI=1S/C19H17NO4/c1-2-24-17(22)16-12-19(10-8-15(21)9-11-19)18(23)20(16)13-14-6-4-3-5-7-14/h3-12H,2,13H2,1H3. The molecule has 0 radical (unpaired) electrons. The van der Waals surface area contributed by atoms with Crippen LogP contribution in [0.1, 0.15) is 12.5 Å². The fraction of sp³-hybridized carbons (Fsp3) is 0.211. The van der Waals surface area contributed by atoms with Gasteiger partial charge in [0.15, 0.2) is 5.78 Å². The number of nitrogens with zero attached hydrogens (tertiary/aromatic N) is 1. The highest BCUT2D eigenvalue weighted by atomic mass is 16.5. The maximum absolute atomic E-state index is 13.0. The van der Waals surface area contributed by atoms with Gasteiger partial charge < -0.3 is 9.64 Å². The van der Waals surface area contributed by atoms with Crippen LogP contribution in [0.15, 0.2) is 66.4 Å². The summed E-state index contributed by atoms with van der Waals surface area (Å²) in [4.78, 5) is 38.1. The summed E-state index contributed by atoms with van der Waals surface area (Å²) < 4.78 is 5.08. The molecular weight excluding hydrogens is 306 g/mol.